The molecule has 3 aromatic rings. The molecular weight excluding hydrogens is 418 g/mol. The van der Waals surface area contributed by atoms with Gasteiger partial charge in [-0.3, -0.25) is 14.5 Å². The molecule has 3 aromatic carbocycles. The lowest BCUT2D eigenvalue weighted by atomic mass is 9.79. The van der Waals surface area contributed by atoms with E-state index >= 15 is 0 Å². The van der Waals surface area contributed by atoms with E-state index in [0.29, 0.717) is 38.9 Å². The number of methoxy groups -OCH3 is 2. The van der Waals surface area contributed by atoms with Crippen LogP contribution in [0.4, 0.5) is 5.69 Å². The third-order valence-corrected chi connectivity index (χ3v) is 5.71. The highest BCUT2D eigenvalue weighted by Gasteiger charge is 2.45. The van der Waals surface area contributed by atoms with Crippen molar-refractivity contribution in [2.45, 2.75) is 12.0 Å². The normalized spacial score (nSPS) is 17.8. The molecule has 158 valence electrons. The zero-order valence-electron chi connectivity index (χ0n) is 16.9. The molecule has 1 heterocycles. The molecule has 0 saturated carbocycles. The van der Waals surface area contributed by atoms with Crippen molar-refractivity contribution in [3.8, 4) is 11.5 Å². The molecule has 1 amide bonds. The van der Waals surface area contributed by atoms with Crippen LogP contribution in [-0.4, -0.2) is 31.2 Å². The Morgan fingerprint density at radius 1 is 0.968 bits per heavy atom. The number of amides is 1. The largest absolute Gasteiger partial charge is 0.493 e. The van der Waals surface area contributed by atoms with Crippen molar-refractivity contribution in [3.05, 3.63) is 88.4 Å². The van der Waals surface area contributed by atoms with Gasteiger partial charge in [0.05, 0.1) is 20.3 Å². The smallest absolute Gasteiger partial charge is 0.313 e. The summed E-state index contributed by atoms with van der Waals surface area (Å²) < 4.78 is 10.7. The highest BCUT2D eigenvalue weighted by Crippen LogP contribution is 2.46. The highest BCUT2D eigenvalue weighted by molar-refractivity contribution is 6.30. The number of halogens is 1. The van der Waals surface area contributed by atoms with Gasteiger partial charge in [-0.1, -0.05) is 35.9 Å². The molecule has 0 spiro atoms. The van der Waals surface area contributed by atoms with E-state index in [9.17, 15) is 14.7 Å². The minimum atomic E-state index is -1.03. The van der Waals surface area contributed by atoms with Gasteiger partial charge in [0, 0.05) is 16.3 Å². The fourth-order valence-corrected chi connectivity index (χ4v) is 4.19. The zero-order valence-corrected chi connectivity index (χ0v) is 17.7. The van der Waals surface area contributed by atoms with E-state index in [0.717, 1.165) is 0 Å². The second-order valence-electron chi connectivity index (χ2n) is 7.11. The molecule has 31 heavy (non-hydrogen) atoms. The molecule has 4 rings (SSSR count). The molecule has 0 bridgehead atoms. The van der Waals surface area contributed by atoms with Crippen LogP contribution < -0.4 is 14.4 Å². The van der Waals surface area contributed by atoms with Crippen LogP contribution in [0.2, 0.25) is 5.02 Å². The van der Waals surface area contributed by atoms with Crippen molar-refractivity contribution in [2.75, 3.05) is 19.1 Å². The average molecular weight is 438 g/mol. The standard InChI is InChI=1S/C24H20ClNO5/c1-30-19-12-7-14(13-20(19)31-2)22-21(24(28)29)17-5-3-4-6-18(17)23(27)26(22)16-10-8-15(25)9-11-16/h3-13,21-22H,1-2H3,(H,28,29)/t21-,22-/m1/s1. The fraction of sp³-hybridized carbons (Fsp3) is 0.167. The number of hydrogen-bond donors (Lipinski definition) is 1. The maximum absolute atomic E-state index is 13.6. The van der Waals surface area contributed by atoms with E-state index in [2.05, 4.69) is 0 Å². The predicted octanol–water partition coefficient (Wildman–Crippen LogP) is 4.93. The SMILES string of the molecule is COc1ccc([C@@H]2[C@H](C(=O)O)c3ccccc3C(=O)N2c2ccc(Cl)cc2)cc1OC. The van der Waals surface area contributed by atoms with Crippen LogP contribution in [0.5, 0.6) is 11.5 Å². The maximum atomic E-state index is 13.6. The molecule has 0 fully saturated rings. The quantitative estimate of drug-likeness (QED) is 0.612. The van der Waals surface area contributed by atoms with Crippen LogP contribution in [0, 0.1) is 0 Å². The summed E-state index contributed by atoms with van der Waals surface area (Å²) in [6.07, 6.45) is 0. The minimum absolute atomic E-state index is 0.282. The summed E-state index contributed by atoms with van der Waals surface area (Å²) in [6, 6.07) is 18.0. The Morgan fingerprint density at radius 2 is 1.65 bits per heavy atom. The van der Waals surface area contributed by atoms with Gasteiger partial charge in [0.2, 0.25) is 0 Å². The van der Waals surface area contributed by atoms with Crippen LogP contribution in [0.25, 0.3) is 0 Å². The van der Waals surface area contributed by atoms with E-state index in [-0.39, 0.29) is 5.91 Å². The Bertz CT molecular complexity index is 1140. The molecule has 1 N–H and O–H groups in total. The van der Waals surface area contributed by atoms with Crippen LogP contribution in [0.1, 0.15) is 33.4 Å². The first kappa shape index (κ1) is 20.8. The summed E-state index contributed by atoms with van der Waals surface area (Å²) in [7, 11) is 3.03. The number of rotatable bonds is 5. The van der Waals surface area contributed by atoms with Gasteiger partial charge >= 0.3 is 5.97 Å². The number of fused-ring (bicyclic) bond motifs is 1. The molecule has 2 atom stereocenters. The summed E-state index contributed by atoms with van der Waals surface area (Å²) in [4.78, 5) is 27.6. The molecule has 7 heteroatoms. The molecule has 0 unspecified atom stereocenters. The summed E-state index contributed by atoms with van der Waals surface area (Å²) in [5.41, 5.74) is 2.00. The van der Waals surface area contributed by atoms with Crippen LogP contribution in [0.3, 0.4) is 0 Å². The summed E-state index contributed by atoms with van der Waals surface area (Å²) in [5.74, 6) is -1.33. The third kappa shape index (κ3) is 3.59. The number of benzene rings is 3. The Balaban J connectivity index is 1.98. The van der Waals surface area contributed by atoms with Gasteiger partial charge in [-0.2, -0.15) is 0 Å². The third-order valence-electron chi connectivity index (χ3n) is 5.46. The van der Waals surface area contributed by atoms with Crippen molar-refractivity contribution < 1.29 is 24.2 Å². The number of carboxylic acid groups (broad SMARTS) is 1. The van der Waals surface area contributed by atoms with Crippen molar-refractivity contribution in [1.82, 2.24) is 0 Å². The van der Waals surface area contributed by atoms with Crippen LogP contribution in [0.15, 0.2) is 66.7 Å². The number of aliphatic carboxylic acids is 1. The van der Waals surface area contributed by atoms with E-state index in [4.69, 9.17) is 21.1 Å². The Labute approximate surface area is 184 Å². The molecular formula is C24H20ClNO5. The van der Waals surface area contributed by atoms with Crippen LogP contribution >= 0.6 is 11.6 Å². The minimum Gasteiger partial charge on any atom is -0.493 e. The second kappa shape index (κ2) is 8.32. The first-order valence-electron chi connectivity index (χ1n) is 9.59. The number of ether oxygens (including phenoxy) is 2. The molecule has 1 aliphatic heterocycles. The van der Waals surface area contributed by atoms with E-state index in [1.165, 1.54) is 19.1 Å². The molecule has 1 aliphatic rings. The number of carboxylic acids is 1. The van der Waals surface area contributed by atoms with E-state index < -0.39 is 17.9 Å². The zero-order chi connectivity index (χ0) is 22.1. The van der Waals surface area contributed by atoms with Gasteiger partial charge in [0.15, 0.2) is 11.5 Å². The fourth-order valence-electron chi connectivity index (χ4n) is 4.06. The van der Waals surface area contributed by atoms with Gasteiger partial charge < -0.3 is 14.6 Å². The predicted molar refractivity (Wildman–Crippen MR) is 117 cm³/mol. The Hall–Kier alpha value is -3.51. The number of nitrogens with zero attached hydrogens (tertiary/aromatic N) is 1. The molecule has 0 aromatic heterocycles. The van der Waals surface area contributed by atoms with Gasteiger partial charge in [0.1, 0.15) is 5.92 Å². The average Bonchev–Trinajstić information content (AvgIpc) is 2.79. The lowest BCUT2D eigenvalue weighted by Crippen LogP contribution is -2.45. The lowest BCUT2D eigenvalue weighted by Gasteiger charge is -2.41. The number of carbonyl (C=O) groups excluding carboxylic acids is 1. The number of hydrogen-bond acceptors (Lipinski definition) is 4. The van der Waals surface area contributed by atoms with Crippen molar-refractivity contribution >= 4 is 29.2 Å². The van der Waals surface area contributed by atoms with Gasteiger partial charge in [-0.05, 0) is 53.6 Å². The molecule has 0 radical (unpaired) electrons. The van der Waals surface area contributed by atoms with Crippen molar-refractivity contribution in [3.63, 3.8) is 0 Å². The van der Waals surface area contributed by atoms with E-state index in [1.54, 1.807) is 66.7 Å². The molecule has 0 aliphatic carbocycles. The first-order chi connectivity index (χ1) is 15.0. The summed E-state index contributed by atoms with van der Waals surface area (Å²) >= 11 is 6.05. The van der Waals surface area contributed by atoms with Crippen molar-refractivity contribution in [1.29, 1.82) is 0 Å². The van der Waals surface area contributed by atoms with Gasteiger partial charge in [0.25, 0.3) is 5.91 Å². The number of anilines is 1. The van der Waals surface area contributed by atoms with Gasteiger partial charge in [-0.25, -0.2) is 0 Å². The summed E-state index contributed by atoms with van der Waals surface area (Å²) in [5, 5.41) is 10.7. The van der Waals surface area contributed by atoms with Crippen LogP contribution in [-0.2, 0) is 4.79 Å². The molecule has 6 nitrogen and oxygen atoms in total. The van der Waals surface area contributed by atoms with E-state index in [1.807, 2.05) is 0 Å². The maximum Gasteiger partial charge on any atom is 0.313 e. The van der Waals surface area contributed by atoms with Crippen molar-refractivity contribution in [2.24, 2.45) is 0 Å². The number of carbonyl (C=O) groups is 2. The topological polar surface area (TPSA) is 76.1 Å². The Kier molecular flexibility index (Phi) is 5.57. The molecule has 0 saturated heterocycles. The van der Waals surface area contributed by atoms with Gasteiger partial charge in [-0.15, -0.1) is 0 Å². The highest BCUT2D eigenvalue weighted by atomic mass is 35.5. The summed E-state index contributed by atoms with van der Waals surface area (Å²) in [6.45, 7) is 0. The Morgan fingerprint density at radius 3 is 2.29 bits per heavy atom. The second-order valence-corrected chi connectivity index (χ2v) is 7.55. The first-order valence-corrected chi connectivity index (χ1v) is 9.97. The lowest BCUT2D eigenvalue weighted by molar-refractivity contribution is -0.139. The monoisotopic (exact) mass is 437 g/mol.